The lowest BCUT2D eigenvalue weighted by Gasteiger charge is -2.11. The van der Waals surface area contributed by atoms with E-state index >= 15 is 0 Å². The van der Waals surface area contributed by atoms with Crippen molar-refractivity contribution in [2.24, 2.45) is 0 Å². The molecular weight excluding hydrogens is 436 g/mol. The van der Waals surface area contributed by atoms with Gasteiger partial charge in [-0.25, -0.2) is 9.55 Å². The van der Waals surface area contributed by atoms with Crippen LogP contribution in [-0.2, 0) is 6.54 Å². The Balaban J connectivity index is 1.43. The molecule has 4 aromatic heterocycles. The van der Waals surface area contributed by atoms with Crippen LogP contribution in [0, 0.1) is 6.92 Å². The molecule has 0 saturated carbocycles. The monoisotopic (exact) mass is 456 g/mol. The molecular formula is C24H20N6O4. The van der Waals surface area contributed by atoms with E-state index < -0.39 is 0 Å². The highest BCUT2D eigenvalue weighted by Gasteiger charge is 2.14. The minimum absolute atomic E-state index is 0.234. The number of pyridine rings is 3. The van der Waals surface area contributed by atoms with Gasteiger partial charge in [0.2, 0.25) is 0 Å². The Labute approximate surface area is 192 Å². The minimum Gasteiger partial charge on any atom is -0.490 e. The van der Waals surface area contributed by atoms with Gasteiger partial charge in [-0.3, -0.25) is 14.7 Å². The van der Waals surface area contributed by atoms with Gasteiger partial charge in [-0.15, -0.1) is 5.10 Å². The number of aromatic amines is 1. The van der Waals surface area contributed by atoms with Crippen LogP contribution >= 0.6 is 0 Å². The number of benzene rings is 1. The molecule has 0 aliphatic carbocycles. The number of hydrogen-bond acceptors (Lipinski definition) is 7. The Bertz CT molecular complexity index is 1680. The summed E-state index contributed by atoms with van der Waals surface area (Å²) in [6, 6.07) is 10.8. The highest BCUT2D eigenvalue weighted by atomic mass is 16.5. The van der Waals surface area contributed by atoms with Crippen molar-refractivity contribution in [3.05, 3.63) is 80.9 Å². The Hall–Kier alpha value is -4.47. The van der Waals surface area contributed by atoms with Gasteiger partial charge in [0.15, 0.2) is 11.5 Å². The van der Waals surface area contributed by atoms with Gasteiger partial charge in [-0.1, -0.05) is 6.07 Å². The lowest BCUT2D eigenvalue weighted by Crippen LogP contribution is -2.22. The van der Waals surface area contributed by atoms with E-state index in [4.69, 9.17) is 9.47 Å². The Kier molecular flexibility index (Phi) is 4.65. The largest absolute Gasteiger partial charge is 0.490 e. The molecule has 170 valence electrons. The lowest BCUT2D eigenvalue weighted by molar-refractivity contribution is 0.297. The molecule has 6 rings (SSSR count). The van der Waals surface area contributed by atoms with E-state index in [-0.39, 0.29) is 17.1 Å². The van der Waals surface area contributed by atoms with Crippen molar-refractivity contribution in [2.45, 2.75) is 19.9 Å². The van der Waals surface area contributed by atoms with Crippen LogP contribution in [0.25, 0.3) is 27.8 Å². The summed E-state index contributed by atoms with van der Waals surface area (Å²) in [7, 11) is 0. The van der Waals surface area contributed by atoms with E-state index in [0.717, 1.165) is 12.0 Å². The van der Waals surface area contributed by atoms with Gasteiger partial charge < -0.3 is 14.0 Å². The summed E-state index contributed by atoms with van der Waals surface area (Å²) in [5, 5.41) is 7.47. The molecule has 0 spiro atoms. The van der Waals surface area contributed by atoms with E-state index in [2.05, 4.69) is 20.2 Å². The van der Waals surface area contributed by atoms with E-state index in [0.29, 0.717) is 58.9 Å². The summed E-state index contributed by atoms with van der Waals surface area (Å²) in [5.74, 6) is 2.22. The highest BCUT2D eigenvalue weighted by molar-refractivity contribution is 5.91. The molecule has 0 fully saturated rings. The van der Waals surface area contributed by atoms with E-state index in [1.54, 1.807) is 42.1 Å². The summed E-state index contributed by atoms with van der Waals surface area (Å²) in [6.07, 6.45) is 4.12. The second-order valence-electron chi connectivity index (χ2n) is 8.15. The molecule has 10 nitrogen and oxygen atoms in total. The van der Waals surface area contributed by atoms with Gasteiger partial charge in [0.25, 0.3) is 17.1 Å². The molecule has 5 heterocycles. The average molecular weight is 456 g/mol. The topological polar surface area (TPSA) is 117 Å². The first-order valence-electron chi connectivity index (χ1n) is 10.9. The van der Waals surface area contributed by atoms with Crippen molar-refractivity contribution in [3.8, 4) is 17.4 Å². The number of rotatable bonds is 3. The summed E-state index contributed by atoms with van der Waals surface area (Å²) in [5.41, 5.74) is 1.35. The highest BCUT2D eigenvalue weighted by Crippen LogP contribution is 2.30. The zero-order chi connectivity index (χ0) is 23.2. The third kappa shape index (κ3) is 3.40. The number of H-pyrrole nitrogens is 1. The van der Waals surface area contributed by atoms with Crippen LogP contribution in [0.4, 0.5) is 0 Å². The van der Waals surface area contributed by atoms with Gasteiger partial charge in [-0.05, 0) is 42.8 Å². The second-order valence-corrected chi connectivity index (χ2v) is 8.15. The molecule has 5 aromatic rings. The number of hydrogen-bond donors (Lipinski definition) is 1. The summed E-state index contributed by atoms with van der Waals surface area (Å²) in [4.78, 5) is 35.2. The molecule has 0 radical (unpaired) electrons. The normalized spacial score (nSPS) is 13.3. The first-order valence-corrected chi connectivity index (χ1v) is 10.9. The van der Waals surface area contributed by atoms with E-state index in [1.165, 1.54) is 4.57 Å². The third-order valence-corrected chi connectivity index (χ3v) is 5.78. The fourth-order valence-electron chi connectivity index (χ4n) is 4.09. The van der Waals surface area contributed by atoms with Crippen LogP contribution in [0.2, 0.25) is 0 Å². The van der Waals surface area contributed by atoms with Crippen molar-refractivity contribution in [1.29, 1.82) is 0 Å². The Morgan fingerprint density at radius 3 is 2.47 bits per heavy atom. The van der Waals surface area contributed by atoms with E-state index in [9.17, 15) is 9.59 Å². The first-order chi connectivity index (χ1) is 16.6. The maximum atomic E-state index is 13.3. The number of ether oxygens (including phenoxy) is 2. The van der Waals surface area contributed by atoms with Gasteiger partial charge in [0, 0.05) is 18.8 Å². The fourth-order valence-corrected chi connectivity index (χ4v) is 4.09. The molecule has 34 heavy (non-hydrogen) atoms. The van der Waals surface area contributed by atoms with Crippen LogP contribution in [0.15, 0.2) is 58.4 Å². The quantitative estimate of drug-likeness (QED) is 0.414. The number of aryl methyl sites for hydroxylation is 1. The SMILES string of the molecule is Cc1nc(-n2ccc3nc4ccn(Cc5ccc6c(c5)OCCCO6)c(=O)c4cc3c2=O)n[nH]1. The number of fused-ring (bicyclic) bond motifs is 3. The van der Waals surface area contributed by atoms with Crippen molar-refractivity contribution < 1.29 is 9.47 Å². The molecule has 1 aliphatic rings. The van der Waals surface area contributed by atoms with Gasteiger partial charge >= 0.3 is 0 Å². The maximum absolute atomic E-state index is 13.3. The van der Waals surface area contributed by atoms with Crippen LogP contribution in [0.3, 0.4) is 0 Å². The van der Waals surface area contributed by atoms with Gasteiger partial charge in [0.05, 0.1) is 41.6 Å². The molecule has 0 unspecified atom stereocenters. The molecule has 10 heteroatoms. The zero-order valence-electron chi connectivity index (χ0n) is 18.3. The Morgan fingerprint density at radius 2 is 1.68 bits per heavy atom. The van der Waals surface area contributed by atoms with Crippen LogP contribution in [0.5, 0.6) is 11.5 Å². The maximum Gasteiger partial charge on any atom is 0.267 e. The minimum atomic E-state index is -0.344. The Morgan fingerprint density at radius 1 is 0.912 bits per heavy atom. The van der Waals surface area contributed by atoms with Gasteiger partial charge in [-0.2, -0.15) is 4.98 Å². The van der Waals surface area contributed by atoms with Crippen LogP contribution in [-0.4, -0.2) is 42.5 Å². The number of nitrogens with zero attached hydrogens (tertiary/aromatic N) is 5. The molecule has 1 N–H and O–H groups in total. The lowest BCUT2D eigenvalue weighted by atomic mass is 10.1. The molecule has 0 atom stereocenters. The van der Waals surface area contributed by atoms with Crippen LogP contribution < -0.4 is 20.6 Å². The van der Waals surface area contributed by atoms with E-state index in [1.807, 2.05) is 18.2 Å². The predicted molar refractivity (Wildman–Crippen MR) is 125 cm³/mol. The average Bonchev–Trinajstić information content (AvgIpc) is 3.13. The van der Waals surface area contributed by atoms with Crippen molar-refractivity contribution >= 4 is 21.8 Å². The second kappa shape index (κ2) is 7.84. The standard InChI is InChI=1S/C24H20N6O4/c1-14-25-24(28-27-14)30-8-6-19-17(23(30)32)12-16-18(26-19)5-7-29(22(16)31)13-15-3-4-20-21(11-15)34-10-2-9-33-20/h3-8,11-12H,2,9-10,13H2,1H3,(H,25,27,28). The van der Waals surface area contributed by atoms with Crippen molar-refractivity contribution in [1.82, 2.24) is 29.3 Å². The fraction of sp³-hybridized carbons (Fsp3) is 0.208. The molecule has 1 aliphatic heterocycles. The number of nitrogens with one attached hydrogen (secondary N) is 1. The molecule has 0 amide bonds. The predicted octanol–water partition coefficient (Wildman–Crippen LogP) is 2.34. The summed E-state index contributed by atoms with van der Waals surface area (Å²) in [6.45, 7) is 3.31. The van der Waals surface area contributed by atoms with Crippen molar-refractivity contribution in [3.63, 3.8) is 0 Å². The molecule has 0 bridgehead atoms. The van der Waals surface area contributed by atoms with Gasteiger partial charge in [0.1, 0.15) is 5.82 Å². The first kappa shape index (κ1) is 20.2. The molecule has 1 aromatic carbocycles. The van der Waals surface area contributed by atoms with Crippen molar-refractivity contribution in [2.75, 3.05) is 13.2 Å². The summed E-state index contributed by atoms with van der Waals surface area (Å²) >= 11 is 0. The van der Waals surface area contributed by atoms with Crippen LogP contribution in [0.1, 0.15) is 17.8 Å². The number of aromatic nitrogens is 6. The summed E-state index contributed by atoms with van der Waals surface area (Å²) < 4.78 is 14.4. The zero-order valence-corrected chi connectivity index (χ0v) is 18.3. The molecule has 0 saturated heterocycles. The third-order valence-electron chi connectivity index (χ3n) is 5.78. The smallest absolute Gasteiger partial charge is 0.267 e.